The van der Waals surface area contributed by atoms with Crippen LogP contribution in [0.2, 0.25) is 0 Å². The van der Waals surface area contributed by atoms with E-state index in [1.807, 2.05) is 24.4 Å². The first-order valence-corrected chi connectivity index (χ1v) is 10.6. The van der Waals surface area contributed by atoms with Crippen LogP contribution in [0.15, 0.2) is 54.7 Å². The number of aromatic nitrogens is 1. The molecule has 0 unspecified atom stereocenters. The first-order chi connectivity index (χ1) is 14.2. The lowest BCUT2D eigenvalue weighted by Gasteiger charge is -2.16. The summed E-state index contributed by atoms with van der Waals surface area (Å²) in [5, 5.41) is 0. The first-order valence-electron chi connectivity index (χ1n) is 10.6. The van der Waals surface area contributed by atoms with Crippen LogP contribution in [0.5, 0.6) is 11.5 Å². The van der Waals surface area contributed by atoms with E-state index in [0.717, 1.165) is 48.4 Å². The van der Waals surface area contributed by atoms with E-state index in [0.29, 0.717) is 6.61 Å². The molecular formula is C26H31NO2. The van der Waals surface area contributed by atoms with E-state index in [1.165, 1.54) is 22.3 Å². The zero-order chi connectivity index (χ0) is 20.6. The Morgan fingerprint density at radius 3 is 2.24 bits per heavy atom. The summed E-state index contributed by atoms with van der Waals surface area (Å²) < 4.78 is 11.7. The van der Waals surface area contributed by atoms with Crippen LogP contribution in [-0.4, -0.2) is 12.1 Å². The van der Waals surface area contributed by atoms with Gasteiger partial charge in [-0.2, -0.15) is 0 Å². The van der Waals surface area contributed by atoms with Gasteiger partial charge in [0.25, 0.3) is 0 Å². The van der Waals surface area contributed by atoms with Gasteiger partial charge in [-0.15, -0.1) is 0 Å². The van der Waals surface area contributed by atoms with Gasteiger partial charge in [0.2, 0.25) is 0 Å². The summed E-state index contributed by atoms with van der Waals surface area (Å²) in [7, 11) is 1.71. The average molecular weight is 390 g/mol. The van der Waals surface area contributed by atoms with E-state index in [4.69, 9.17) is 14.5 Å². The van der Waals surface area contributed by atoms with Crippen molar-refractivity contribution in [3.05, 3.63) is 77.0 Å². The highest BCUT2D eigenvalue weighted by atomic mass is 16.5. The van der Waals surface area contributed by atoms with Gasteiger partial charge in [0.1, 0.15) is 18.1 Å². The van der Waals surface area contributed by atoms with Gasteiger partial charge in [0.15, 0.2) is 0 Å². The van der Waals surface area contributed by atoms with Gasteiger partial charge < -0.3 is 9.47 Å². The monoisotopic (exact) mass is 389 g/mol. The molecule has 3 rings (SSSR count). The summed E-state index contributed by atoms with van der Waals surface area (Å²) in [5.41, 5.74) is 7.07. The van der Waals surface area contributed by atoms with E-state index in [-0.39, 0.29) is 0 Å². The standard InChI is InChI=1S/C26H31NO2/c1-5-10-19-11-8-14-23(15-19)29-18-22-17-27-24(16-25(22)28-4)26-20(6-2)12-9-13-21(26)7-3/h8-9,11-17H,5-7,10,18H2,1-4H3. The van der Waals surface area contributed by atoms with Crippen LogP contribution in [0.3, 0.4) is 0 Å². The maximum absolute atomic E-state index is 6.04. The molecule has 0 radical (unpaired) electrons. The molecule has 0 saturated carbocycles. The Hall–Kier alpha value is -2.81. The topological polar surface area (TPSA) is 31.4 Å². The van der Waals surface area contributed by atoms with E-state index >= 15 is 0 Å². The van der Waals surface area contributed by atoms with Crippen molar-refractivity contribution >= 4 is 0 Å². The number of methoxy groups -OCH3 is 1. The molecule has 0 fully saturated rings. The van der Waals surface area contributed by atoms with Crippen LogP contribution in [0.1, 0.15) is 49.4 Å². The van der Waals surface area contributed by atoms with Crippen LogP contribution in [-0.2, 0) is 25.9 Å². The summed E-state index contributed by atoms with van der Waals surface area (Å²) in [6.07, 6.45) is 6.03. The van der Waals surface area contributed by atoms with Gasteiger partial charge in [-0.25, -0.2) is 0 Å². The molecular weight excluding hydrogens is 358 g/mol. The summed E-state index contributed by atoms with van der Waals surface area (Å²) in [4.78, 5) is 4.77. The molecule has 0 aliphatic rings. The van der Waals surface area contributed by atoms with Crippen molar-refractivity contribution in [2.24, 2.45) is 0 Å². The molecule has 0 spiro atoms. The van der Waals surface area contributed by atoms with Crippen molar-refractivity contribution in [3.8, 4) is 22.8 Å². The Morgan fingerprint density at radius 2 is 1.59 bits per heavy atom. The smallest absolute Gasteiger partial charge is 0.129 e. The Kier molecular flexibility index (Phi) is 7.29. The fourth-order valence-corrected chi connectivity index (χ4v) is 3.71. The van der Waals surface area contributed by atoms with Crippen molar-refractivity contribution in [1.29, 1.82) is 0 Å². The zero-order valence-electron chi connectivity index (χ0n) is 18.0. The number of hydrogen-bond donors (Lipinski definition) is 0. The number of aryl methyl sites for hydroxylation is 3. The Morgan fingerprint density at radius 1 is 0.862 bits per heavy atom. The normalized spacial score (nSPS) is 10.8. The number of nitrogens with zero attached hydrogens (tertiary/aromatic N) is 1. The Labute approximate surface area is 174 Å². The number of hydrogen-bond acceptors (Lipinski definition) is 3. The van der Waals surface area contributed by atoms with Gasteiger partial charge in [0.05, 0.1) is 12.8 Å². The second kappa shape index (κ2) is 10.1. The maximum Gasteiger partial charge on any atom is 0.129 e. The fraction of sp³-hybridized carbons (Fsp3) is 0.346. The molecule has 0 aliphatic carbocycles. The molecule has 152 valence electrons. The Bertz CT molecular complexity index is 927. The number of rotatable bonds is 9. The third-order valence-corrected chi connectivity index (χ3v) is 5.25. The maximum atomic E-state index is 6.04. The summed E-state index contributed by atoms with van der Waals surface area (Å²) in [5.74, 6) is 1.69. The van der Waals surface area contributed by atoms with E-state index in [2.05, 4.69) is 51.1 Å². The molecule has 0 N–H and O–H groups in total. The lowest BCUT2D eigenvalue weighted by Crippen LogP contribution is -2.02. The molecule has 3 aromatic rings. The quantitative estimate of drug-likeness (QED) is 0.423. The van der Waals surface area contributed by atoms with Crippen LogP contribution in [0.25, 0.3) is 11.3 Å². The second-order valence-electron chi connectivity index (χ2n) is 7.23. The molecule has 0 saturated heterocycles. The van der Waals surface area contributed by atoms with Crippen LogP contribution in [0, 0.1) is 0 Å². The van der Waals surface area contributed by atoms with Gasteiger partial charge >= 0.3 is 0 Å². The largest absolute Gasteiger partial charge is 0.496 e. The van der Waals surface area contributed by atoms with Gasteiger partial charge in [0, 0.05) is 23.4 Å². The minimum Gasteiger partial charge on any atom is -0.496 e. The molecule has 0 amide bonds. The highest BCUT2D eigenvalue weighted by Gasteiger charge is 2.14. The number of ether oxygens (including phenoxy) is 2. The molecule has 29 heavy (non-hydrogen) atoms. The number of benzene rings is 2. The summed E-state index contributed by atoms with van der Waals surface area (Å²) in [6.45, 7) is 6.99. The molecule has 3 heteroatoms. The summed E-state index contributed by atoms with van der Waals surface area (Å²) >= 11 is 0. The lowest BCUT2D eigenvalue weighted by atomic mass is 9.94. The molecule has 0 aliphatic heterocycles. The van der Waals surface area contributed by atoms with Crippen molar-refractivity contribution in [2.75, 3.05) is 7.11 Å². The fourth-order valence-electron chi connectivity index (χ4n) is 3.71. The van der Waals surface area contributed by atoms with E-state index in [9.17, 15) is 0 Å². The molecule has 0 bridgehead atoms. The molecule has 3 nitrogen and oxygen atoms in total. The van der Waals surface area contributed by atoms with Crippen LogP contribution in [0.4, 0.5) is 0 Å². The van der Waals surface area contributed by atoms with E-state index in [1.54, 1.807) is 7.11 Å². The lowest BCUT2D eigenvalue weighted by molar-refractivity contribution is 0.296. The summed E-state index contributed by atoms with van der Waals surface area (Å²) in [6, 6.07) is 16.8. The molecule has 2 aromatic carbocycles. The third-order valence-electron chi connectivity index (χ3n) is 5.25. The molecule has 0 atom stereocenters. The van der Waals surface area contributed by atoms with Gasteiger partial charge in [-0.05, 0) is 48.1 Å². The van der Waals surface area contributed by atoms with Crippen molar-refractivity contribution < 1.29 is 9.47 Å². The van der Waals surface area contributed by atoms with Gasteiger partial charge in [-0.3, -0.25) is 4.98 Å². The highest BCUT2D eigenvalue weighted by molar-refractivity contribution is 5.69. The van der Waals surface area contributed by atoms with Crippen LogP contribution < -0.4 is 9.47 Å². The second-order valence-corrected chi connectivity index (χ2v) is 7.23. The Balaban J connectivity index is 1.86. The van der Waals surface area contributed by atoms with E-state index < -0.39 is 0 Å². The first kappa shape index (κ1) is 20.9. The highest BCUT2D eigenvalue weighted by Crippen LogP contribution is 2.31. The molecule has 1 aromatic heterocycles. The average Bonchev–Trinajstić information content (AvgIpc) is 2.77. The van der Waals surface area contributed by atoms with Gasteiger partial charge in [-0.1, -0.05) is 57.5 Å². The predicted molar refractivity (Wildman–Crippen MR) is 120 cm³/mol. The zero-order valence-corrected chi connectivity index (χ0v) is 18.0. The van der Waals surface area contributed by atoms with Crippen LogP contribution >= 0.6 is 0 Å². The molecule has 1 heterocycles. The van der Waals surface area contributed by atoms with Crippen molar-refractivity contribution in [1.82, 2.24) is 4.98 Å². The minimum absolute atomic E-state index is 0.433. The number of pyridine rings is 1. The van der Waals surface area contributed by atoms with Crippen molar-refractivity contribution in [2.45, 2.75) is 53.1 Å². The third kappa shape index (κ3) is 4.97. The van der Waals surface area contributed by atoms with Crippen molar-refractivity contribution in [3.63, 3.8) is 0 Å². The minimum atomic E-state index is 0.433. The predicted octanol–water partition coefficient (Wildman–Crippen LogP) is 6.41. The SMILES string of the molecule is CCCc1cccc(OCc2cnc(-c3c(CC)cccc3CC)cc2OC)c1.